The van der Waals surface area contributed by atoms with Crippen LogP contribution in [0.5, 0.6) is 0 Å². The van der Waals surface area contributed by atoms with E-state index in [0.29, 0.717) is 5.04 Å². The normalized spacial score (nSPS) is 13.9. The van der Waals surface area contributed by atoms with Gasteiger partial charge in [0, 0.05) is 32.7 Å². The smallest absolute Gasteiger partial charge is 0.0392 e. The van der Waals surface area contributed by atoms with E-state index in [4.69, 9.17) is 0 Å². The molecule has 0 aromatic carbocycles. The molecule has 0 aromatic rings. The van der Waals surface area contributed by atoms with Crippen LogP contribution in [0, 0.1) is 0 Å². The summed E-state index contributed by atoms with van der Waals surface area (Å²) in [5, 5.41) is 0.648. The average molecular weight is 277 g/mol. The van der Waals surface area contributed by atoms with E-state index >= 15 is 0 Å². The van der Waals surface area contributed by atoms with E-state index in [2.05, 4.69) is 34.2 Å². The third kappa shape index (κ3) is 7.38. The molecule has 0 bridgehead atoms. The van der Waals surface area contributed by atoms with Crippen molar-refractivity contribution in [1.29, 1.82) is 0 Å². The van der Waals surface area contributed by atoms with Gasteiger partial charge in [-0.3, -0.25) is 0 Å². The second-order valence-electron chi connectivity index (χ2n) is 4.41. The number of rotatable bonds is 3. The van der Waals surface area contributed by atoms with Crippen molar-refractivity contribution in [3.8, 4) is 0 Å². The molecule has 4 radical (unpaired) electrons. The first-order chi connectivity index (χ1) is 4.48. The summed E-state index contributed by atoms with van der Waals surface area (Å²) in [5.74, 6) is 0. The van der Waals surface area contributed by atoms with E-state index in [0.717, 1.165) is 0 Å². The molecule has 0 aliphatic heterocycles. The molecule has 2 heteroatoms. The molecule has 66 valence electrons. The summed E-state index contributed by atoms with van der Waals surface area (Å²) < 4.78 is 0. The predicted molar refractivity (Wildman–Crippen MR) is 58.2 cm³/mol. The first-order valence-corrected chi connectivity index (χ1v) is 7.03. The molecule has 0 nitrogen and oxygen atoms in total. The van der Waals surface area contributed by atoms with Crippen LogP contribution in [-0.4, -0.2) is 32.7 Å². The Morgan fingerprint density at radius 3 is 1.91 bits per heavy atom. The van der Waals surface area contributed by atoms with Crippen LogP contribution in [-0.2, 0) is 0 Å². The maximum absolute atomic E-state index is 2.50. The summed E-state index contributed by atoms with van der Waals surface area (Å²) >= 11 is 0. The molecule has 0 fully saturated rings. The van der Waals surface area contributed by atoms with Crippen molar-refractivity contribution >= 4 is 32.7 Å². The summed E-state index contributed by atoms with van der Waals surface area (Å²) in [4.78, 5) is 0. The fourth-order valence-corrected chi connectivity index (χ4v) is 2.83. The zero-order chi connectivity index (χ0) is 8.20. The van der Waals surface area contributed by atoms with Crippen molar-refractivity contribution in [3.05, 3.63) is 0 Å². The SMILES string of the molecule is CCCC[SiH](C)C(C)(C)C.[Sn]. The Morgan fingerprint density at radius 1 is 1.18 bits per heavy atom. The van der Waals surface area contributed by atoms with Crippen molar-refractivity contribution in [2.24, 2.45) is 0 Å². The Kier molecular flexibility index (Phi) is 8.62. The third-order valence-electron chi connectivity index (χ3n) is 2.47. The van der Waals surface area contributed by atoms with Gasteiger partial charge in [0.05, 0.1) is 0 Å². The number of unbranched alkanes of at least 4 members (excludes halogenated alkanes) is 1. The summed E-state index contributed by atoms with van der Waals surface area (Å²) in [7, 11) is -0.408. The number of hydrogen-bond acceptors (Lipinski definition) is 0. The molecule has 0 saturated heterocycles. The van der Waals surface area contributed by atoms with Gasteiger partial charge in [0.25, 0.3) is 0 Å². The average Bonchev–Trinajstić information content (AvgIpc) is 1.80. The number of hydrogen-bond donors (Lipinski definition) is 0. The topological polar surface area (TPSA) is 0 Å². The fourth-order valence-electron chi connectivity index (χ4n) is 0.943. The van der Waals surface area contributed by atoms with Crippen LogP contribution in [0.1, 0.15) is 40.5 Å². The molecule has 1 unspecified atom stereocenters. The Morgan fingerprint density at radius 2 is 1.64 bits per heavy atom. The van der Waals surface area contributed by atoms with Crippen LogP contribution in [0.25, 0.3) is 0 Å². The van der Waals surface area contributed by atoms with Crippen LogP contribution in [0.2, 0.25) is 17.6 Å². The zero-order valence-corrected chi connectivity index (χ0v) is 12.7. The third-order valence-corrected chi connectivity index (χ3v) is 6.70. The fraction of sp³-hybridized carbons (Fsp3) is 1.00. The van der Waals surface area contributed by atoms with E-state index in [1.54, 1.807) is 0 Å². The molecule has 0 rings (SSSR count). The standard InChI is InChI=1S/C9H22Si.Sn/c1-6-7-8-10(5)9(2,3)4;/h10H,6-8H2,1-5H3;. The summed E-state index contributed by atoms with van der Waals surface area (Å²) in [6.45, 7) is 11.9. The molecule has 0 heterocycles. The Balaban J connectivity index is 0. The van der Waals surface area contributed by atoms with Gasteiger partial charge in [0.2, 0.25) is 0 Å². The van der Waals surface area contributed by atoms with Gasteiger partial charge in [-0.2, -0.15) is 0 Å². The van der Waals surface area contributed by atoms with E-state index in [1.807, 2.05) is 0 Å². The first-order valence-electron chi connectivity index (χ1n) is 4.48. The van der Waals surface area contributed by atoms with Gasteiger partial charge in [-0.1, -0.05) is 53.1 Å². The monoisotopic (exact) mass is 278 g/mol. The van der Waals surface area contributed by atoms with Crippen molar-refractivity contribution in [2.45, 2.75) is 58.2 Å². The van der Waals surface area contributed by atoms with Crippen LogP contribution in [0.15, 0.2) is 0 Å². The molecule has 0 aromatic heterocycles. The minimum absolute atomic E-state index is 0. The van der Waals surface area contributed by atoms with Crippen molar-refractivity contribution < 1.29 is 0 Å². The molecular weight excluding hydrogens is 255 g/mol. The quantitative estimate of drug-likeness (QED) is 0.695. The second kappa shape index (κ2) is 6.52. The minimum Gasteiger partial charge on any atom is -0.0716 e. The van der Waals surface area contributed by atoms with E-state index < -0.39 is 8.80 Å². The van der Waals surface area contributed by atoms with Crippen molar-refractivity contribution in [3.63, 3.8) is 0 Å². The van der Waals surface area contributed by atoms with Gasteiger partial charge in [-0.15, -0.1) is 0 Å². The molecule has 0 amide bonds. The van der Waals surface area contributed by atoms with Crippen LogP contribution >= 0.6 is 0 Å². The van der Waals surface area contributed by atoms with E-state index in [-0.39, 0.29) is 23.9 Å². The molecule has 1 atom stereocenters. The first kappa shape index (κ1) is 14.5. The molecule has 0 aliphatic rings. The van der Waals surface area contributed by atoms with E-state index in [1.165, 1.54) is 18.9 Å². The Bertz CT molecular complexity index is 86.1. The van der Waals surface area contributed by atoms with Crippen LogP contribution in [0.4, 0.5) is 0 Å². The van der Waals surface area contributed by atoms with Crippen LogP contribution in [0.3, 0.4) is 0 Å². The predicted octanol–water partition coefficient (Wildman–Crippen LogP) is 3.06. The summed E-state index contributed by atoms with van der Waals surface area (Å²) in [6, 6.07) is 1.53. The van der Waals surface area contributed by atoms with E-state index in [9.17, 15) is 0 Å². The van der Waals surface area contributed by atoms with Gasteiger partial charge in [0.1, 0.15) is 0 Å². The minimum atomic E-state index is -0.408. The van der Waals surface area contributed by atoms with Gasteiger partial charge < -0.3 is 0 Å². The molecule has 0 aliphatic carbocycles. The van der Waals surface area contributed by atoms with Gasteiger partial charge in [-0.05, 0) is 5.04 Å². The Labute approximate surface area is 90.7 Å². The van der Waals surface area contributed by atoms with Crippen LogP contribution < -0.4 is 0 Å². The molecular formula is C9H22SiSn. The zero-order valence-electron chi connectivity index (χ0n) is 8.70. The van der Waals surface area contributed by atoms with Gasteiger partial charge in [0.15, 0.2) is 0 Å². The summed E-state index contributed by atoms with van der Waals surface area (Å²) in [5.41, 5.74) is 0. The second-order valence-corrected chi connectivity index (χ2v) is 8.52. The van der Waals surface area contributed by atoms with Crippen molar-refractivity contribution in [2.75, 3.05) is 0 Å². The molecule has 0 saturated carbocycles. The molecule has 11 heavy (non-hydrogen) atoms. The molecule has 0 N–H and O–H groups in total. The maximum atomic E-state index is 2.50. The van der Waals surface area contributed by atoms with Gasteiger partial charge >= 0.3 is 0 Å². The Hall–Kier alpha value is 1.02. The van der Waals surface area contributed by atoms with Crippen molar-refractivity contribution in [1.82, 2.24) is 0 Å². The molecule has 0 spiro atoms. The largest absolute Gasteiger partial charge is 0.0716 e. The van der Waals surface area contributed by atoms with Gasteiger partial charge in [-0.25, -0.2) is 0 Å². The summed E-state index contributed by atoms with van der Waals surface area (Å²) in [6.07, 6.45) is 2.82. The maximum Gasteiger partial charge on any atom is 0.0392 e.